The third-order valence-electron chi connectivity index (χ3n) is 7.63. The molecule has 4 amide bonds. The van der Waals surface area contributed by atoms with Crippen molar-refractivity contribution in [3.05, 3.63) is 30.3 Å². The Labute approximate surface area is 183 Å². The van der Waals surface area contributed by atoms with Gasteiger partial charge in [0.05, 0.1) is 0 Å². The van der Waals surface area contributed by atoms with E-state index in [9.17, 15) is 14.4 Å². The largest absolute Gasteiger partial charge is 0.339 e. The van der Waals surface area contributed by atoms with E-state index in [0.717, 1.165) is 44.6 Å². The van der Waals surface area contributed by atoms with Gasteiger partial charge in [0.25, 0.3) is 0 Å². The van der Waals surface area contributed by atoms with E-state index in [4.69, 9.17) is 0 Å². The minimum atomic E-state index is -0.0493. The average Bonchev–Trinajstić information content (AvgIpc) is 2.80. The van der Waals surface area contributed by atoms with Crippen molar-refractivity contribution < 1.29 is 14.4 Å². The molecule has 5 rings (SSSR count). The Morgan fingerprint density at radius 2 is 1.71 bits per heavy atom. The van der Waals surface area contributed by atoms with Gasteiger partial charge < -0.3 is 20.0 Å². The number of carbonyl (C=O) groups excluding carboxylic acids is 3. The quantitative estimate of drug-likeness (QED) is 0.794. The predicted octanol–water partition coefficient (Wildman–Crippen LogP) is 2.79. The summed E-state index contributed by atoms with van der Waals surface area (Å²) in [6.07, 6.45) is 5.29. The Morgan fingerprint density at radius 1 is 0.935 bits per heavy atom. The van der Waals surface area contributed by atoms with E-state index < -0.39 is 0 Å². The molecule has 0 aliphatic carbocycles. The number of likely N-dealkylation sites (tertiary alicyclic amines) is 2. The van der Waals surface area contributed by atoms with Crippen LogP contribution in [0.2, 0.25) is 0 Å². The van der Waals surface area contributed by atoms with E-state index in [-0.39, 0.29) is 17.9 Å². The molecular weight excluding hydrogens is 392 g/mol. The molecule has 3 atom stereocenters. The maximum atomic E-state index is 13.2. The second-order valence-corrected chi connectivity index (χ2v) is 9.67. The predicted molar refractivity (Wildman–Crippen MR) is 117 cm³/mol. The van der Waals surface area contributed by atoms with Crippen molar-refractivity contribution in [1.82, 2.24) is 14.7 Å². The molecule has 1 aromatic carbocycles. The SMILES string of the molecule is O=C(Nc1ccccc1)C1CCN(C(=O)N2C[C@@H]3C[C@H](C2)[C@H]2CCCC(=O)N2C3)CC1. The highest BCUT2D eigenvalue weighted by Crippen LogP contribution is 2.38. The first-order chi connectivity index (χ1) is 15.1. The summed E-state index contributed by atoms with van der Waals surface area (Å²) in [4.78, 5) is 44.2. The van der Waals surface area contributed by atoms with E-state index in [2.05, 4.69) is 10.2 Å². The number of hydrogen-bond acceptors (Lipinski definition) is 3. The number of rotatable bonds is 2. The van der Waals surface area contributed by atoms with Crippen LogP contribution in [0.3, 0.4) is 0 Å². The summed E-state index contributed by atoms with van der Waals surface area (Å²) in [5, 5.41) is 2.99. The maximum absolute atomic E-state index is 13.2. The summed E-state index contributed by atoms with van der Waals surface area (Å²) in [6, 6.07) is 9.97. The topological polar surface area (TPSA) is 73.0 Å². The lowest BCUT2D eigenvalue weighted by Gasteiger charge is -2.53. The van der Waals surface area contributed by atoms with E-state index in [1.54, 1.807) is 0 Å². The van der Waals surface area contributed by atoms with Gasteiger partial charge in [0.1, 0.15) is 0 Å². The Kier molecular flexibility index (Phi) is 5.59. The molecule has 0 unspecified atom stereocenters. The summed E-state index contributed by atoms with van der Waals surface area (Å²) >= 11 is 0. The van der Waals surface area contributed by atoms with Crippen LogP contribution in [0.1, 0.15) is 38.5 Å². The molecule has 0 spiro atoms. The molecule has 7 heteroatoms. The number of hydrogen-bond donors (Lipinski definition) is 1. The lowest BCUT2D eigenvalue weighted by atomic mass is 9.76. The van der Waals surface area contributed by atoms with Crippen LogP contribution in [0.15, 0.2) is 30.3 Å². The van der Waals surface area contributed by atoms with E-state index >= 15 is 0 Å². The molecule has 1 aromatic rings. The van der Waals surface area contributed by atoms with Gasteiger partial charge in [-0.15, -0.1) is 0 Å². The van der Waals surface area contributed by atoms with Crippen molar-refractivity contribution in [2.75, 3.05) is 38.0 Å². The van der Waals surface area contributed by atoms with Crippen LogP contribution in [0.4, 0.5) is 10.5 Å². The van der Waals surface area contributed by atoms with Gasteiger partial charge >= 0.3 is 6.03 Å². The molecule has 166 valence electrons. The zero-order valence-corrected chi connectivity index (χ0v) is 18.0. The standard InChI is InChI=1S/C24H32N4O3/c29-22-8-4-7-21-19-13-17(15-28(21)22)14-27(16-19)24(31)26-11-9-18(10-12-26)23(30)25-20-5-2-1-3-6-20/h1-3,5-6,17-19,21H,4,7-16H2,(H,25,30)/t17-,19+,21+/m0/s1. The molecule has 0 radical (unpaired) electrons. The minimum absolute atomic E-state index is 0.0489. The Bertz CT molecular complexity index is 836. The van der Waals surface area contributed by atoms with Gasteiger partial charge in [-0.2, -0.15) is 0 Å². The van der Waals surface area contributed by atoms with E-state index in [1.807, 2.05) is 40.1 Å². The lowest BCUT2D eigenvalue weighted by Crippen LogP contribution is -2.62. The summed E-state index contributed by atoms with van der Waals surface area (Å²) in [5.74, 6) is 1.12. The molecule has 2 bridgehead atoms. The number of fused-ring (bicyclic) bond motifs is 4. The smallest absolute Gasteiger partial charge is 0.320 e. The molecule has 31 heavy (non-hydrogen) atoms. The van der Waals surface area contributed by atoms with Crippen LogP contribution in [0.5, 0.6) is 0 Å². The van der Waals surface area contributed by atoms with Gasteiger partial charge in [-0.05, 0) is 56.1 Å². The van der Waals surface area contributed by atoms with Crippen molar-refractivity contribution in [3.63, 3.8) is 0 Å². The van der Waals surface area contributed by atoms with Crippen molar-refractivity contribution in [1.29, 1.82) is 0 Å². The van der Waals surface area contributed by atoms with Gasteiger partial charge in [-0.25, -0.2) is 4.79 Å². The van der Waals surface area contributed by atoms with Crippen molar-refractivity contribution in [3.8, 4) is 0 Å². The molecule has 4 fully saturated rings. The van der Waals surface area contributed by atoms with Crippen LogP contribution in [-0.4, -0.2) is 71.3 Å². The fourth-order valence-electron chi connectivity index (χ4n) is 6.06. The molecule has 0 saturated carbocycles. The number of nitrogens with one attached hydrogen (secondary N) is 1. The summed E-state index contributed by atoms with van der Waals surface area (Å²) in [6.45, 7) is 3.58. The zero-order valence-electron chi connectivity index (χ0n) is 18.0. The number of amides is 4. The van der Waals surface area contributed by atoms with E-state index in [1.165, 1.54) is 0 Å². The monoisotopic (exact) mass is 424 g/mol. The zero-order chi connectivity index (χ0) is 21.4. The van der Waals surface area contributed by atoms with Gasteiger partial charge in [0, 0.05) is 56.8 Å². The maximum Gasteiger partial charge on any atom is 0.320 e. The van der Waals surface area contributed by atoms with Crippen LogP contribution >= 0.6 is 0 Å². The number of carbonyl (C=O) groups is 3. The fourth-order valence-corrected chi connectivity index (χ4v) is 6.06. The Morgan fingerprint density at radius 3 is 2.48 bits per heavy atom. The second-order valence-electron chi connectivity index (χ2n) is 9.67. The van der Waals surface area contributed by atoms with Crippen molar-refractivity contribution in [2.45, 2.75) is 44.6 Å². The first kappa shape index (κ1) is 20.3. The number of urea groups is 1. The first-order valence-corrected chi connectivity index (χ1v) is 11.8. The summed E-state index contributed by atoms with van der Waals surface area (Å²) < 4.78 is 0. The molecule has 0 aromatic heterocycles. The molecular formula is C24H32N4O3. The molecule has 4 heterocycles. The fraction of sp³-hybridized carbons (Fsp3) is 0.625. The number of benzene rings is 1. The van der Waals surface area contributed by atoms with Crippen molar-refractivity contribution >= 4 is 23.5 Å². The highest BCUT2D eigenvalue weighted by molar-refractivity contribution is 5.92. The van der Waals surface area contributed by atoms with Gasteiger partial charge in [-0.3, -0.25) is 9.59 Å². The number of nitrogens with zero attached hydrogens (tertiary/aromatic N) is 3. The number of para-hydroxylation sites is 1. The van der Waals surface area contributed by atoms with E-state index in [0.29, 0.717) is 56.1 Å². The van der Waals surface area contributed by atoms with Crippen LogP contribution in [0.25, 0.3) is 0 Å². The van der Waals surface area contributed by atoms with Gasteiger partial charge in [-0.1, -0.05) is 18.2 Å². The highest BCUT2D eigenvalue weighted by atomic mass is 16.2. The summed E-state index contributed by atoms with van der Waals surface area (Å²) in [7, 11) is 0. The molecule has 4 saturated heterocycles. The third-order valence-corrected chi connectivity index (χ3v) is 7.63. The summed E-state index contributed by atoms with van der Waals surface area (Å²) in [5.41, 5.74) is 0.820. The van der Waals surface area contributed by atoms with Crippen molar-refractivity contribution in [2.24, 2.45) is 17.8 Å². The molecule has 4 aliphatic heterocycles. The average molecular weight is 425 g/mol. The second kappa shape index (κ2) is 8.52. The van der Waals surface area contributed by atoms with Crippen LogP contribution in [0, 0.1) is 17.8 Å². The molecule has 4 aliphatic rings. The third kappa shape index (κ3) is 4.14. The number of piperidine rings is 4. The van der Waals surface area contributed by atoms with Gasteiger partial charge in [0.2, 0.25) is 11.8 Å². The Hall–Kier alpha value is -2.57. The highest BCUT2D eigenvalue weighted by Gasteiger charge is 2.45. The van der Waals surface area contributed by atoms with Crippen LogP contribution < -0.4 is 5.32 Å². The van der Waals surface area contributed by atoms with Gasteiger partial charge in [0.15, 0.2) is 0 Å². The Balaban J connectivity index is 1.15. The lowest BCUT2D eigenvalue weighted by molar-refractivity contribution is -0.144. The molecule has 1 N–H and O–H groups in total. The van der Waals surface area contributed by atoms with Crippen LogP contribution in [-0.2, 0) is 9.59 Å². The number of anilines is 1. The first-order valence-electron chi connectivity index (χ1n) is 11.8. The normalized spacial score (nSPS) is 28.8. The minimum Gasteiger partial charge on any atom is -0.339 e. The molecule has 7 nitrogen and oxygen atoms in total.